The van der Waals surface area contributed by atoms with E-state index in [1.807, 2.05) is 6.08 Å². The predicted octanol–water partition coefficient (Wildman–Crippen LogP) is 18.5. The maximum absolute atomic E-state index is 12.5. The Morgan fingerprint density at radius 1 is 0.409 bits per heavy atom. The van der Waals surface area contributed by atoms with Gasteiger partial charge in [-0.15, -0.1) is 0 Å². The third kappa shape index (κ3) is 52.0. The number of allylic oxidation sites excluding steroid dienone is 1. The van der Waals surface area contributed by atoms with Crippen LogP contribution in [0.5, 0.6) is 0 Å². The lowest BCUT2D eigenvalue weighted by atomic mass is 10.0. The Morgan fingerprint density at radius 3 is 1.03 bits per heavy atom. The van der Waals surface area contributed by atoms with E-state index >= 15 is 0 Å². The maximum Gasteiger partial charge on any atom is 0.305 e. The van der Waals surface area contributed by atoms with E-state index in [0.29, 0.717) is 19.4 Å². The molecule has 6 heteroatoms. The monoisotopic (exact) mass is 932 g/mol. The second-order valence-corrected chi connectivity index (χ2v) is 20.7. The molecule has 0 heterocycles. The summed E-state index contributed by atoms with van der Waals surface area (Å²) in [6.07, 6.45) is 66.6. The van der Waals surface area contributed by atoms with Gasteiger partial charge in [0.1, 0.15) is 0 Å². The number of unbranched alkanes of at least 4 members (excludes halogenated alkanes) is 45. The Labute approximate surface area is 412 Å². The molecule has 6 nitrogen and oxygen atoms in total. The number of esters is 1. The second kappa shape index (κ2) is 56.2. The molecule has 0 aliphatic carbocycles. The standard InChI is InChI=1S/C60H117NO5/c1-3-5-7-9-11-13-15-17-19-21-23-25-27-29-32-36-40-44-48-52-58(63)57(56-62)61-59(64)53-49-45-41-37-33-31-35-39-43-47-51-55-66-60(65)54-50-46-42-38-34-30-28-26-24-22-20-18-16-14-12-10-8-6-4-2/h48,52,57-58,62-63H,3-47,49-51,53-56H2,1-2H3,(H,61,64)/b52-48+. The van der Waals surface area contributed by atoms with Gasteiger partial charge in [-0.2, -0.15) is 0 Å². The molecule has 0 aliphatic heterocycles. The molecule has 2 atom stereocenters. The number of carbonyl (C=O) groups excluding carboxylic acids is 2. The highest BCUT2D eigenvalue weighted by molar-refractivity contribution is 5.76. The normalized spacial score (nSPS) is 12.6. The van der Waals surface area contributed by atoms with Gasteiger partial charge in [0.15, 0.2) is 0 Å². The van der Waals surface area contributed by atoms with E-state index in [1.54, 1.807) is 6.08 Å². The first kappa shape index (κ1) is 64.6. The number of amides is 1. The zero-order valence-electron chi connectivity index (χ0n) is 44.7. The van der Waals surface area contributed by atoms with E-state index in [2.05, 4.69) is 19.2 Å². The van der Waals surface area contributed by atoms with Crippen molar-refractivity contribution in [3.8, 4) is 0 Å². The Morgan fingerprint density at radius 2 is 0.697 bits per heavy atom. The van der Waals surface area contributed by atoms with Gasteiger partial charge in [0, 0.05) is 12.8 Å². The average molecular weight is 933 g/mol. The fourth-order valence-electron chi connectivity index (χ4n) is 9.46. The summed E-state index contributed by atoms with van der Waals surface area (Å²) in [5.41, 5.74) is 0. The van der Waals surface area contributed by atoms with Gasteiger partial charge in [0.2, 0.25) is 5.91 Å². The van der Waals surface area contributed by atoms with Gasteiger partial charge < -0.3 is 20.3 Å². The highest BCUT2D eigenvalue weighted by atomic mass is 16.5. The third-order valence-electron chi connectivity index (χ3n) is 14.1. The van der Waals surface area contributed by atoms with Crippen LogP contribution in [0.15, 0.2) is 12.2 Å². The minimum Gasteiger partial charge on any atom is -0.466 e. The first-order valence-electron chi connectivity index (χ1n) is 30.0. The molecule has 0 bridgehead atoms. The van der Waals surface area contributed by atoms with E-state index in [-0.39, 0.29) is 18.5 Å². The SMILES string of the molecule is CCCCCCCCCCCCCCCCCCC/C=C/C(O)C(CO)NC(=O)CCCCCCCCCCCCCOC(=O)CCCCCCCCCCCCCCCCCCCCC. The molecule has 0 fully saturated rings. The van der Waals surface area contributed by atoms with E-state index in [9.17, 15) is 19.8 Å². The van der Waals surface area contributed by atoms with Crippen molar-refractivity contribution in [2.75, 3.05) is 13.2 Å². The Hall–Kier alpha value is -1.40. The van der Waals surface area contributed by atoms with Gasteiger partial charge in [0.05, 0.1) is 25.4 Å². The quantitative estimate of drug-likeness (QED) is 0.0321. The Kier molecular flexibility index (Phi) is 55.0. The van der Waals surface area contributed by atoms with Crippen LogP contribution in [0.3, 0.4) is 0 Å². The molecule has 66 heavy (non-hydrogen) atoms. The molecular formula is C60H117NO5. The first-order chi connectivity index (χ1) is 32.5. The fourth-order valence-corrected chi connectivity index (χ4v) is 9.46. The van der Waals surface area contributed by atoms with Crippen LogP contribution in [0.4, 0.5) is 0 Å². The van der Waals surface area contributed by atoms with Gasteiger partial charge >= 0.3 is 5.97 Å². The molecule has 0 rings (SSSR count). The molecule has 3 N–H and O–H groups in total. The largest absolute Gasteiger partial charge is 0.466 e. The lowest BCUT2D eigenvalue weighted by molar-refractivity contribution is -0.143. The molecule has 0 saturated heterocycles. The highest BCUT2D eigenvalue weighted by Gasteiger charge is 2.18. The number of hydrogen-bond acceptors (Lipinski definition) is 5. The number of rotatable bonds is 56. The van der Waals surface area contributed by atoms with Crippen molar-refractivity contribution in [3.63, 3.8) is 0 Å². The summed E-state index contributed by atoms with van der Waals surface area (Å²) in [7, 11) is 0. The maximum atomic E-state index is 12.5. The minimum absolute atomic E-state index is 0.00973. The van der Waals surface area contributed by atoms with E-state index in [0.717, 1.165) is 57.8 Å². The summed E-state index contributed by atoms with van der Waals surface area (Å²) in [5, 5.41) is 23.2. The zero-order valence-corrected chi connectivity index (χ0v) is 44.7. The lowest BCUT2D eigenvalue weighted by Gasteiger charge is -2.20. The van der Waals surface area contributed by atoms with Crippen molar-refractivity contribution in [2.24, 2.45) is 0 Å². The number of aliphatic hydroxyl groups is 2. The van der Waals surface area contributed by atoms with Crippen LogP contribution >= 0.6 is 0 Å². The van der Waals surface area contributed by atoms with Crippen LogP contribution in [-0.2, 0) is 14.3 Å². The van der Waals surface area contributed by atoms with Crippen molar-refractivity contribution in [3.05, 3.63) is 12.2 Å². The van der Waals surface area contributed by atoms with Gasteiger partial charge in [0.25, 0.3) is 0 Å². The molecule has 0 aliphatic rings. The average Bonchev–Trinajstić information content (AvgIpc) is 3.32. The zero-order chi connectivity index (χ0) is 47.9. The third-order valence-corrected chi connectivity index (χ3v) is 14.1. The van der Waals surface area contributed by atoms with Crippen molar-refractivity contribution < 1.29 is 24.5 Å². The van der Waals surface area contributed by atoms with Gasteiger partial charge in [-0.05, 0) is 32.1 Å². The molecule has 0 aromatic carbocycles. The molecule has 0 radical (unpaired) electrons. The summed E-state index contributed by atoms with van der Waals surface area (Å²) in [6.45, 7) is 4.89. The smallest absolute Gasteiger partial charge is 0.305 e. The first-order valence-corrected chi connectivity index (χ1v) is 30.0. The number of carbonyl (C=O) groups is 2. The summed E-state index contributed by atoms with van der Waals surface area (Å²) in [6, 6.07) is -0.641. The molecule has 392 valence electrons. The summed E-state index contributed by atoms with van der Waals surface area (Å²) in [4.78, 5) is 24.6. The van der Waals surface area contributed by atoms with E-state index in [1.165, 1.54) is 250 Å². The number of nitrogens with one attached hydrogen (secondary N) is 1. The van der Waals surface area contributed by atoms with Crippen LogP contribution in [0.25, 0.3) is 0 Å². The minimum atomic E-state index is -0.856. The van der Waals surface area contributed by atoms with Gasteiger partial charge in [-0.1, -0.05) is 302 Å². The van der Waals surface area contributed by atoms with Crippen molar-refractivity contribution in [1.82, 2.24) is 5.32 Å². The summed E-state index contributed by atoms with van der Waals surface area (Å²) >= 11 is 0. The molecule has 0 saturated carbocycles. The van der Waals surface area contributed by atoms with Crippen molar-refractivity contribution in [2.45, 2.75) is 347 Å². The molecule has 1 amide bonds. The summed E-state index contributed by atoms with van der Waals surface area (Å²) in [5.74, 6) is -0.0928. The second-order valence-electron chi connectivity index (χ2n) is 20.7. The van der Waals surface area contributed by atoms with Crippen LogP contribution in [0, 0.1) is 0 Å². The number of hydrogen-bond donors (Lipinski definition) is 3. The molecule has 0 aromatic heterocycles. The molecular weight excluding hydrogens is 815 g/mol. The van der Waals surface area contributed by atoms with Crippen LogP contribution in [0.2, 0.25) is 0 Å². The van der Waals surface area contributed by atoms with E-state index < -0.39 is 12.1 Å². The van der Waals surface area contributed by atoms with Crippen LogP contribution in [0.1, 0.15) is 335 Å². The van der Waals surface area contributed by atoms with Crippen molar-refractivity contribution >= 4 is 11.9 Å². The Balaban J connectivity index is 3.46. The molecule has 0 aromatic rings. The number of aliphatic hydroxyl groups excluding tert-OH is 2. The van der Waals surface area contributed by atoms with Gasteiger partial charge in [-0.25, -0.2) is 0 Å². The Bertz CT molecular complexity index is 986. The topological polar surface area (TPSA) is 95.9 Å². The summed E-state index contributed by atoms with van der Waals surface area (Å²) < 4.78 is 5.48. The molecule has 2 unspecified atom stereocenters. The van der Waals surface area contributed by atoms with E-state index in [4.69, 9.17) is 4.74 Å². The fraction of sp³-hybridized carbons (Fsp3) is 0.933. The molecule has 0 spiro atoms. The highest BCUT2D eigenvalue weighted by Crippen LogP contribution is 2.18. The predicted molar refractivity (Wildman–Crippen MR) is 287 cm³/mol. The van der Waals surface area contributed by atoms with Crippen molar-refractivity contribution in [1.29, 1.82) is 0 Å². The van der Waals surface area contributed by atoms with Gasteiger partial charge in [-0.3, -0.25) is 9.59 Å². The van der Waals surface area contributed by atoms with Crippen LogP contribution < -0.4 is 5.32 Å². The number of ether oxygens (including phenoxy) is 1. The lowest BCUT2D eigenvalue weighted by Crippen LogP contribution is -2.45. The van der Waals surface area contributed by atoms with Crippen LogP contribution in [-0.4, -0.2) is 47.4 Å².